The first-order chi connectivity index (χ1) is 9.61. The van der Waals surface area contributed by atoms with Gasteiger partial charge in [-0.2, -0.15) is 0 Å². The molecule has 1 aliphatic rings. The minimum atomic E-state index is -0.745. The van der Waals surface area contributed by atoms with Crippen molar-refractivity contribution in [1.82, 2.24) is 4.98 Å². The van der Waals surface area contributed by atoms with Gasteiger partial charge in [-0.3, -0.25) is 9.59 Å². The van der Waals surface area contributed by atoms with Crippen LogP contribution in [0.3, 0.4) is 0 Å². The van der Waals surface area contributed by atoms with E-state index in [0.29, 0.717) is 6.42 Å². The van der Waals surface area contributed by atoms with Gasteiger partial charge in [0.2, 0.25) is 0 Å². The molecule has 0 spiro atoms. The van der Waals surface area contributed by atoms with Crippen molar-refractivity contribution in [2.45, 2.75) is 19.8 Å². The lowest BCUT2D eigenvalue weighted by molar-refractivity contribution is -0.136. The molecule has 0 saturated heterocycles. The predicted molar refractivity (Wildman–Crippen MR) is 77.7 cm³/mol. The van der Waals surface area contributed by atoms with E-state index < -0.39 is 5.97 Å². The number of aliphatic carboxylic acids is 1. The summed E-state index contributed by atoms with van der Waals surface area (Å²) in [5, 5.41) is 8.75. The second-order valence-corrected chi connectivity index (χ2v) is 4.39. The SMILES string of the molecule is CCC(=O)O.O=C1CC=Cc2nc3ccccc3cc21. The summed E-state index contributed by atoms with van der Waals surface area (Å²) in [7, 11) is 0. The molecule has 0 saturated carbocycles. The molecule has 3 rings (SSSR count). The quantitative estimate of drug-likeness (QED) is 0.862. The van der Waals surface area contributed by atoms with Crippen LogP contribution in [0, 0.1) is 0 Å². The highest BCUT2D eigenvalue weighted by molar-refractivity contribution is 6.04. The average molecular weight is 269 g/mol. The van der Waals surface area contributed by atoms with E-state index in [1.54, 1.807) is 6.92 Å². The molecule has 1 heterocycles. The molecule has 20 heavy (non-hydrogen) atoms. The number of hydrogen-bond donors (Lipinski definition) is 1. The summed E-state index contributed by atoms with van der Waals surface area (Å²) >= 11 is 0. The zero-order valence-electron chi connectivity index (χ0n) is 11.2. The molecule has 0 fully saturated rings. The van der Waals surface area contributed by atoms with Crippen molar-refractivity contribution in [2.75, 3.05) is 0 Å². The van der Waals surface area contributed by atoms with Gasteiger partial charge in [-0.05, 0) is 18.2 Å². The smallest absolute Gasteiger partial charge is 0.303 e. The van der Waals surface area contributed by atoms with Crippen molar-refractivity contribution in [2.24, 2.45) is 0 Å². The molecule has 0 amide bonds. The van der Waals surface area contributed by atoms with Crippen molar-refractivity contribution >= 4 is 28.7 Å². The highest BCUT2D eigenvalue weighted by Crippen LogP contribution is 2.22. The first-order valence-electron chi connectivity index (χ1n) is 6.43. The fraction of sp³-hybridized carbons (Fsp3) is 0.188. The minimum absolute atomic E-state index is 0.158. The number of hydrogen-bond acceptors (Lipinski definition) is 3. The van der Waals surface area contributed by atoms with Crippen molar-refractivity contribution < 1.29 is 14.7 Å². The number of Topliss-reactive ketones (excluding diaryl/α,β-unsaturated/α-hetero) is 1. The van der Waals surface area contributed by atoms with Crippen LogP contribution in [0.4, 0.5) is 0 Å². The van der Waals surface area contributed by atoms with E-state index in [9.17, 15) is 9.59 Å². The largest absolute Gasteiger partial charge is 0.481 e. The standard InChI is InChI=1S/C13H9NO.C3H6O2/c15-13-7-3-6-12-10(13)8-9-4-1-2-5-11(9)14-12;1-2-3(4)5/h1-6,8H,7H2;2H2,1H3,(H,4,5). The number of rotatable bonds is 1. The maximum Gasteiger partial charge on any atom is 0.303 e. The van der Waals surface area contributed by atoms with E-state index >= 15 is 0 Å². The molecule has 2 aromatic rings. The molecule has 0 radical (unpaired) electrons. The number of benzene rings is 1. The summed E-state index contributed by atoms with van der Waals surface area (Å²) in [6.45, 7) is 1.60. The molecule has 102 valence electrons. The molecular weight excluding hydrogens is 254 g/mol. The summed E-state index contributed by atoms with van der Waals surface area (Å²) in [6.07, 6.45) is 4.50. The van der Waals surface area contributed by atoms with Crippen LogP contribution >= 0.6 is 0 Å². The zero-order valence-corrected chi connectivity index (χ0v) is 11.2. The Balaban J connectivity index is 0.000000257. The van der Waals surface area contributed by atoms with E-state index in [-0.39, 0.29) is 12.2 Å². The topological polar surface area (TPSA) is 67.3 Å². The molecule has 0 unspecified atom stereocenters. The lowest BCUT2D eigenvalue weighted by Gasteiger charge is -2.09. The maximum absolute atomic E-state index is 11.6. The molecule has 0 atom stereocenters. The predicted octanol–water partition coefficient (Wildman–Crippen LogP) is 3.32. The summed E-state index contributed by atoms with van der Waals surface area (Å²) in [4.78, 5) is 25.5. The van der Waals surface area contributed by atoms with E-state index in [2.05, 4.69) is 4.98 Å². The highest BCUT2D eigenvalue weighted by atomic mass is 16.4. The third kappa shape index (κ3) is 3.09. The Morgan fingerprint density at radius 1 is 1.35 bits per heavy atom. The Hall–Kier alpha value is -2.49. The summed E-state index contributed by atoms with van der Waals surface area (Å²) < 4.78 is 0. The Kier molecular flexibility index (Phi) is 4.25. The number of nitrogens with zero attached hydrogens (tertiary/aromatic N) is 1. The van der Waals surface area contributed by atoms with E-state index in [4.69, 9.17) is 5.11 Å². The van der Waals surface area contributed by atoms with E-state index in [1.807, 2.05) is 42.5 Å². The number of fused-ring (bicyclic) bond motifs is 2. The molecule has 4 nitrogen and oxygen atoms in total. The monoisotopic (exact) mass is 269 g/mol. The van der Waals surface area contributed by atoms with Crippen LogP contribution in [0.5, 0.6) is 0 Å². The third-order valence-corrected chi connectivity index (χ3v) is 2.94. The molecule has 4 heteroatoms. The third-order valence-electron chi connectivity index (χ3n) is 2.94. The van der Waals surface area contributed by atoms with Gasteiger partial charge in [0.15, 0.2) is 5.78 Å². The molecule has 1 aliphatic carbocycles. The van der Waals surface area contributed by atoms with Crippen molar-refractivity contribution in [3.8, 4) is 0 Å². The number of carboxylic acid groups (broad SMARTS) is 1. The lowest BCUT2D eigenvalue weighted by Crippen LogP contribution is -2.06. The van der Waals surface area contributed by atoms with Crippen molar-refractivity contribution in [3.63, 3.8) is 0 Å². The number of para-hydroxylation sites is 1. The minimum Gasteiger partial charge on any atom is -0.481 e. The Morgan fingerprint density at radius 3 is 2.75 bits per heavy atom. The van der Waals surface area contributed by atoms with Crippen LogP contribution in [-0.2, 0) is 4.79 Å². The molecular formula is C16H15NO3. The van der Waals surface area contributed by atoms with Crippen LogP contribution in [0.25, 0.3) is 17.0 Å². The van der Waals surface area contributed by atoms with Gasteiger partial charge in [-0.1, -0.05) is 31.2 Å². The van der Waals surface area contributed by atoms with Gasteiger partial charge in [0.05, 0.1) is 11.2 Å². The Bertz CT molecular complexity index is 689. The molecule has 0 bridgehead atoms. The number of carbonyl (C=O) groups excluding carboxylic acids is 1. The van der Waals surface area contributed by atoms with Gasteiger partial charge in [-0.25, -0.2) is 4.98 Å². The van der Waals surface area contributed by atoms with Gasteiger partial charge < -0.3 is 5.11 Å². The lowest BCUT2D eigenvalue weighted by atomic mass is 9.99. The summed E-state index contributed by atoms with van der Waals surface area (Å²) in [5.41, 5.74) is 2.48. The van der Waals surface area contributed by atoms with Crippen molar-refractivity contribution in [1.29, 1.82) is 0 Å². The van der Waals surface area contributed by atoms with Gasteiger partial charge in [0.1, 0.15) is 0 Å². The number of ketones is 1. The van der Waals surface area contributed by atoms with Crippen LogP contribution in [0.2, 0.25) is 0 Å². The number of carboxylic acids is 1. The Labute approximate surface area is 116 Å². The number of aromatic nitrogens is 1. The maximum atomic E-state index is 11.6. The molecule has 0 aliphatic heterocycles. The van der Waals surface area contributed by atoms with Crippen LogP contribution in [-0.4, -0.2) is 21.8 Å². The second-order valence-electron chi connectivity index (χ2n) is 4.39. The molecule has 1 aromatic heterocycles. The fourth-order valence-corrected chi connectivity index (χ4v) is 1.87. The summed E-state index contributed by atoms with van der Waals surface area (Å²) in [6, 6.07) is 9.79. The van der Waals surface area contributed by atoms with Gasteiger partial charge in [0.25, 0.3) is 0 Å². The Morgan fingerprint density at radius 2 is 2.05 bits per heavy atom. The van der Waals surface area contributed by atoms with Crippen LogP contribution in [0.1, 0.15) is 35.8 Å². The first kappa shape index (κ1) is 13.9. The fourth-order valence-electron chi connectivity index (χ4n) is 1.87. The van der Waals surface area contributed by atoms with Crippen LogP contribution in [0.15, 0.2) is 36.4 Å². The normalized spacial score (nSPS) is 12.6. The second kappa shape index (κ2) is 6.10. The number of carbonyl (C=O) groups is 2. The number of pyridine rings is 1. The van der Waals surface area contributed by atoms with Crippen LogP contribution < -0.4 is 0 Å². The first-order valence-corrected chi connectivity index (χ1v) is 6.43. The van der Waals surface area contributed by atoms with Crippen molar-refractivity contribution in [3.05, 3.63) is 47.7 Å². The van der Waals surface area contributed by atoms with E-state index in [0.717, 1.165) is 22.2 Å². The average Bonchev–Trinajstić information content (AvgIpc) is 2.46. The highest BCUT2D eigenvalue weighted by Gasteiger charge is 2.14. The number of allylic oxidation sites excluding steroid dienone is 1. The van der Waals surface area contributed by atoms with Gasteiger partial charge in [-0.15, -0.1) is 0 Å². The molecule has 1 aromatic carbocycles. The van der Waals surface area contributed by atoms with E-state index in [1.165, 1.54) is 0 Å². The van der Waals surface area contributed by atoms with Gasteiger partial charge >= 0.3 is 5.97 Å². The zero-order chi connectivity index (χ0) is 14.5. The summed E-state index contributed by atoms with van der Waals surface area (Å²) in [5.74, 6) is -0.587. The molecule has 1 N–H and O–H groups in total. The van der Waals surface area contributed by atoms with Gasteiger partial charge in [0, 0.05) is 23.8 Å².